The minimum atomic E-state index is -0.199. The minimum absolute atomic E-state index is 0.0357. The fourth-order valence-electron chi connectivity index (χ4n) is 2.91. The fourth-order valence-corrected chi connectivity index (χ4v) is 3.04. The van der Waals surface area contributed by atoms with E-state index in [1.165, 1.54) is 0 Å². The lowest BCUT2D eigenvalue weighted by Gasteiger charge is -2.24. The summed E-state index contributed by atoms with van der Waals surface area (Å²) in [7, 11) is 0. The first-order valence-corrected chi connectivity index (χ1v) is 9.17. The quantitative estimate of drug-likeness (QED) is 0.712. The van der Waals surface area contributed by atoms with Crippen LogP contribution in [0.25, 0.3) is 0 Å². The largest absolute Gasteiger partial charge is 0.394 e. The molecule has 0 aliphatic rings. The highest BCUT2D eigenvalue weighted by Crippen LogP contribution is 2.24. The third-order valence-electron chi connectivity index (χ3n) is 4.74. The Morgan fingerprint density at radius 2 is 1.88 bits per heavy atom. The second-order valence-corrected chi connectivity index (χ2v) is 7.01. The van der Waals surface area contributed by atoms with Gasteiger partial charge in [-0.25, -0.2) is 0 Å². The van der Waals surface area contributed by atoms with Crippen molar-refractivity contribution in [2.24, 2.45) is 5.92 Å². The molecule has 0 aliphatic heterocycles. The number of amides is 1. The molecule has 5 heteroatoms. The molecule has 2 N–H and O–H groups in total. The molecule has 4 nitrogen and oxygen atoms in total. The molecule has 25 heavy (non-hydrogen) atoms. The summed E-state index contributed by atoms with van der Waals surface area (Å²) in [4.78, 5) is 12.6. The lowest BCUT2D eigenvalue weighted by molar-refractivity contribution is -0.123. The molecule has 3 atom stereocenters. The zero-order chi connectivity index (χ0) is 18.2. The minimum Gasteiger partial charge on any atom is -0.394 e. The van der Waals surface area contributed by atoms with Crippen LogP contribution in [0.2, 0.25) is 5.02 Å². The van der Waals surface area contributed by atoms with Crippen LogP contribution in [0.5, 0.6) is 0 Å². The van der Waals surface area contributed by atoms with Gasteiger partial charge in [-0.2, -0.15) is 0 Å². The zero-order valence-electron chi connectivity index (χ0n) is 14.9. The van der Waals surface area contributed by atoms with Gasteiger partial charge in [-0.05, 0) is 35.7 Å². The Bertz CT molecular complexity index is 640. The number of aromatic nitrogens is 1. The predicted molar refractivity (Wildman–Crippen MR) is 102 cm³/mol. The summed E-state index contributed by atoms with van der Waals surface area (Å²) in [6.07, 6.45) is 5.27. The van der Waals surface area contributed by atoms with Gasteiger partial charge >= 0.3 is 0 Å². The zero-order valence-corrected chi connectivity index (χ0v) is 15.6. The van der Waals surface area contributed by atoms with E-state index < -0.39 is 0 Å². The number of benzene rings is 1. The molecule has 0 fully saturated rings. The van der Waals surface area contributed by atoms with E-state index in [-0.39, 0.29) is 30.4 Å². The highest BCUT2D eigenvalue weighted by Gasteiger charge is 2.21. The maximum absolute atomic E-state index is 12.6. The fraction of sp³-hybridized carbons (Fsp3) is 0.450. The third kappa shape index (κ3) is 5.91. The summed E-state index contributed by atoms with van der Waals surface area (Å²) in [5, 5.41) is 13.2. The number of halogens is 1. The Morgan fingerprint density at radius 3 is 2.44 bits per heavy atom. The highest BCUT2D eigenvalue weighted by molar-refractivity contribution is 6.30. The van der Waals surface area contributed by atoms with Gasteiger partial charge in [-0.1, -0.05) is 44.0 Å². The standard InChI is InChI=1S/C20H27ClN2O2/c1-3-15(2)19(14-24)22-20(25)12-17(13-23-10-4-5-11-23)16-6-8-18(21)9-7-16/h4-11,15,17,19,24H,3,12-14H2,1-2H3,(H,22,25)/t15-,17+,19+/m0/s1. The number of nitrogens with one attached hydrogen (secondary N) is 1. The topological polar surface area (TPSA) is 54.3 Å². The SMILES string of the molecule is CC[C@H](C)[C@@H](CO)NC(=O)C[C@H](Cn1cccc1)c1ccc(Cl)cc1. The number of carbonyl (C=O) groups is 1. The van der Waals surface area contributed by atoms with Crippen molar-refractivity contribution in [3.63, 3.8) is 0 Å². The molecule has 0 spiro atoms. The van der Waals surface area contributed by atoms with E-state index in [2.05, 4.69) is 16.8 Å². The molecule has 0 radical (unpaired) electrons. The van der Waals surface area contributed by atoms with E-state index in [0.717, 1.165) is 18.5 Å². The molecule has 2 aromatic rings. The highest BCUT2D eigenvalue weighted by atomic mass is 35.5. The van der Waals surface area contributed by atoms with Gasteiger partial charge in [-0.3, -0.25) is 4.79 Å². The van der Waals surface area contributed by atoms with Crippen LogP contribution in [-0.4, -0.2) is 28.2 Å². The first kappa shape index (κ1) is 19.5. The average Bonchev–Trinajstić information content (AvgIpc) is 3.12. The van der Waals surface area contributed by atoms with E-state index in [1.807, 2.05) is 55.7 Å². The van der Waals surface area contributed by atoms with Crippen molar-refractivity contribution in [3.8, 4) is 0 Å². The van der Waals surface area contributed by atoms with Gasteiger partial charge in [0.2, 0.25) is 5.91 Å². The first-order valence-electron chi connectivity index (χ1n) is 8.80. The third-order valence-corrected chi connectivity index (χ3v) is 5.00. The van der Waals surface area contributed by atoms with Crippen LogP contribution in [0.4, 0.5) is 0 Å². The second-order valence-electron chi connectivity index (χ2n) is 6.57. The Labute approximate surface area is 154 Å². The van der Waals surface area contributed by atoms with Crippen molar-refractivity contribution in [1.29, 1.82) is 0 Å². The van der Waals surface area contributed by atoms with Gasteiger partial charge in [0, 0.05) is 36.3 Å². The smallest absolute Gasteiger partial charge is 0.220 e. The molecule has 0 saturated heterocycles. The van der Waals surface area contributed by atoms with Crippen LogP contribution < -0.4 is 5.32 Å². The molecule has 1 aromatic heterocycles. The summed E-state index contributed by atoms with van der Waals surface area (Å²) in [5.41, 5.74) is 1.08. The maximum atomic E-state index is 12.6. The van der Waals surface area contributed by atoms with Crippen LogP contribution in [0.15, 0.2) is 48.8 Å². The number of rotatable bonds is 9. The van der Waals surface area contributed by atoms with Gasteiger partial charge < -0.3 is 15.0 Å². The lowest BCUT2D eigenvalue weighted by Crippen LogP contribution is -2.42. The Morgan fingerprint density at radius 1 is 1.24 bits per heavy atom. The molecule has 0 aliphatic carbocycles. The summed E-state index contributed by atoms with van der Waals surface area (Å²) in [5.74, 6) is 0.250. The van der Waals surface area contributed by atoms with Gasteiger partial charge in [0.15, 0.2) is 0 Å². The van der Waals surface area contributed by atoms with Crippen molar-refractivity contribution in [1.82, 2.24) is 9.88 Å². The van der Waals surface area contributed by atoms with Crippen LogP contribution in [0.1, 0.15) is 38.2 Å². The van der Waals surface area contributed by atoms with Crippen LogP contribution in [-0.2, 0) is 11.3 Å². The van der Waals surface area contributed by atoms with Crippen LogP contribution in [0, 0.1) is 5.92 Å². The number of aliphatic hydroxyl groups is 1. The maximum Gasteiger partial charge on any atom is 0.220 e. The van der Waals surface area contributed by atoms with E-state index in [0.29, 0.717) is 11.4 Å². The molecule has 1 amide bonds. The van der Waals surface area contributed by atoms with Gasteiger partial charge in [0.1, 0.15) is 0 Å². The van der Waals surface area contributed by atoms with Crippen LogP contribution >= 0.6 is 11.6 Å². The van der Waals surface area contributed by atoms with Crippen molar-refractivity contribution in [3.05, 3.63) is 59.4 Å². The number of aliphatic hydroxyl groups excluding tert-OH is 1. The molecule has 0 unspecified atom stereocenters. The number of carbonyl (C=O) groups excluding carboxylic acids is 1. The Balaban J connectivity index is 2.09. The normalized spacial score (nSPS) is 14.7. The molecular weight excluding hydrogens is 336 g/mol. The van der Waals surface area contributed by atoms with Crippen molar-refractivity contribution in [2.75, 3.05) is 6.61 Å². The van der Waals surface area contributed by atoms with Gasteiger partial charge in [0.25, 0.3) is 0 Å². The van der Waals surface area contributed by atoms with E-state index in [1.54, 1.807) is 0 Å². The number of hydrogen-bond donors (Lipinski definition) is 2. The Kier molecular flexibility index (Phi) is 7.53. The van der Waals surface area contributed by atoms with Gasteiger partial charge in [-0.15, -0.1) is 0 Å². The molecule has 2 rings (SSSR count). The van der Waals surface area contributed by atoms with Crippen LogP contribution in [0.3, 0.4) is 0 Å². The van der Waals surface area contributed by atoms with Crippen molar-refractivity contribution in [2.45, 2.75) is 45.2 Å². The predicted octanol–water partition coefficient (Wildman–Crippen LogP) is 3.84. The molecule has 136 valence electrons. The number of hydrogen-bond acceptors (Lipinski definition) is 2. The molecule has 0 saturated carbocycles. The molecule has 1 aromatic carbocycles. The summed E-state index contributed by atoms with van der Waals surface area (Å²) >= 11 is 5.99. The summed E-state index contributed by atoms with van der Waals surface area (Å²) < 4.78 is 2.07. The van der Waals surface area contributed by atoms with Gasteiger partial charge in [0.05, 0.1) is 12.6 Å². The van der Waals surface area contributed by atoms with Crippen molar-refractivity contribution < 1.29 is 9.90 Å². The number of nitrogens with zero attached hydrogens (tertiary/aromatic N) is 1. The first-order chi connectivity index (χ1) is 12.0. The monoisotopic (exact) mass is 362 g/mol. The summed E-state index contributed by atoms with van der Waals surface area (Å²) in [6.45, 7) is 4.78. The summed E-state index contributed by atoms with van der Waals surface area (Å²) in [6, 6.07) is 11.4. The van der Waals surface area contributed by atoms with E-state index >= 15 is 0 Å². The molecular formula is C20H27ClN2O2. The van der Waals surface area contributed by atoms with E-state index in [9.17, 15) is 9.90 Å². The Hall–Kier alpha value is -1.78. The molecule has 0 bridgehead atoms. The van der Waals surface area contributed by atoms with E-state index in [4.69, 9.17) is 11.6 Å². The lowest BCUT2D eigenvalue weighted by atomic mass is 9.94. The second kappa shape index (κ2) is 9.64. The van der Waals surface area contributed by atoms with Crippen molar-refractivity contribution >= 4 is 17.5 Å². The average molecular weight is 363 g/mol. The molecule has 1 heterocycles.